The van der Waals surface area contributed by atoms with Gasteiger partial charge in [-0.25, -0.2) is 0 Å². The van der Waals surface area contributed by atoms with Crippen LogP contribution in [-0.2, 0) is 14.3 Å². The maximum absolute atomic E-state index is 13.6. The molecule has 10 heteroatoms. The second-order valence-electron chi connectivity index (χ2n) is 10.7. The number of aliphatic hydroxyl groups is 3. The number of rotatable bonds is 6. The summed E-state index contributed by atoms with van der Waals surface area (Å²) in [6.45, 7) is 3.22. The molecule has 3 heterocycles. The molecule has 8 nitrogen and oxygen atoms in total. The minimum absolute atomic E-state index is 0.175. The Morgan fingerprint density at radius 3 is 2.44 bits per heavy atom. The van der Waals surface area contributed by atoms with Crippen molar-refractivity contribution in [3.05, 3.63) is 0 Å². The zero-order valence-electron chi connectivity index (χ0n) is 20.4. The fourth-order valence-corrected chi connectivity index (χ4v) is 7.56. The number of likely N-dealkylation sites (N-methyl/N-ethyl adjacent to an activating group) is 1. The first kappa shape index (κ1) is 26.9. The first-order valence-corrected chi connectivity index (χ1v) is 14.4. The molecule has 0 radical (unpaired) electrons. The highest BCUT2D eigenvalue weighted by Gasteiger charge is 2.51. The zero-order valence-corrected chi connectivity index (χ0v) is 22.0. The van der Waals surface area contributed by atoms with Gasteiger partial charge in [-0.1, -0.05) is 25.7 Å². The van der Waals surface area contributed by atoms with Gasteiger partial charge in [0, 0.05) is 19.1 Å². The Labute approximate surface area is 212 Å². The number of halogens is 1. The quantitative estimate of drug-likeness (QED) is 0.386. The van der Waals surface area contributed by atoms with E-state index in [-0.39, 0.29) is 12.0 Å². The molecule has 0 aromatic carbocycles. The van der Waals surface area contributed by atoms with Gasteiger partial charge in [0.15, 0.2) is 0 Å². The van der Waals surface area contributed by atoms with Crippen molar-refractivity contribution in [1.82, 2.24) is 10.2 Å². The number of ether oxygens (including phenoxy) is 2. The first-order valence-electron chi connectivity index (χ1n) is 12.7. The monoisotopic (exact) mass is 520 g/mol. The van der Waals surface area contributed by atoms with Crippen LogP contribution < -0.4 is 5.32 Å². The van der Waals surface area contributed by atoms with Crippen molar-refractivity contribution in [1.29, 1.82) is 0 Å². The van der Waals surface area contributed by atoms with Gasteiger partial charge in [0.2, 0.25) is 5.91 Å². The number of aliphatic hydroxyl groups excluding tert-OH is 3. The number of likely N-dealkylation sites (tertiary alicyclic amines) is 1. The lowest BCUT2D eigenvalue weighted by molar-refractivity contribution is -0.205. The van der Waals surface area contributed by atoms with Gasteiger partial charge in [-0.2, -0.15) is 0 Å². The van der Waals surface area contributed by atoms with E-state index >= 15 is 0 Å². The average molecular weight is 521 g/mol. The lowest BCUT2D eigenvalue weighted by atomic mass is 9.81. The highest BCUT2D eigenvalue weighted by atomic mass is 35.5. The van der Waals surface area contributed by atoms with Crippen LogP contribution >= 0.6 is 23.4 Å². The van der Waals surface area contributed by atoms with E-state index in [1.165, 1.54) is 37.4 Å². The number of amides is 1. The molecule has 6 unspecified atom stereocenters. The molecule has 0 aromatic heterocycles. The van der Waals surface area contributed by atoms with Gasteiger partial charge in [-0.3, -0.25) is 9.69 Å². The van der Waals surface area contributed by atoms with E-state index in [0.717, 1.165) is 25.3 Å². The molecular formula is C24H41ClN2O6S. The molecule has 1 saturated carbocycles. The molecule has 0 spiro atoms. The van der Waals surface area contributed by atoms with Crippen LogP contribution in [0, 0.1) is 17.8 Å². The molecule has 4 fully saturated rings. The minimum atomic E-state index is -1.39. The van der Waals surface area contributed by atoms with E-state index in [2.05, 4.69) is 10.2 Å². The van der Waals surface area contributed by atoms with Gasteiger partial charge >= 0.3 is 0 Å². The van der Waals surface area contributed by atoms with Crippen LogP contribution in [0.25, 0.3) is 0 Å². The number of hydrogen-bond acceptors (Lipinski definition) is 8. The van der Waals surface area contributed by atoms with Gasteiger partial charge in [0.25, 0.3) is 0 Å². The van der Waals surface area contributed by atoms with Crippen LogP contribution in [0.2, 0.25) is 0 Å². The SMILES string of the molecule is CSC1OC([C@H](NC(=O)[C@@H]2[C@@H]3OCCC(C4CCCC4)C[C@H]3CN2C)[C@H](C)Cl)C(O)C(O)C1O. The molecule has 4 rings (SSSR count). The number of carbonyl (C=O) groups excluding carboxylic acids is 1. The van der Waals surface area contributed by atoms with Gasteiger partial charge in [-0.15, -0.1) is 23.4 Å². The predicted octanol–water partition coefficient (Wildman–Crippen LogP) is 1.18. The molecule has 196 valence electrons. The summed E-state index contributed by atoms with van der Waals surface area (Å²) < 4.78 is 12.2. The van der Waals surface area contributed by atoms with Crippen molar-refractivity contribution >= 4 is 29.3 Å². The van der Waals surface area contributed by atoms with Crippen molar-refractivity contribution in [2.24, 2.45) is 17.8 Å². The van der Waals surface area contributed by atoms with Crippen LogP contribution in [-0.4, -0.2) is 106 Å². The fraction of sp³-hybridized carbons (Fsp3) is 0.958. The Morgan fingerprint density at radius 2 is 1.79 bits per heavy atom. The lowest BCUT2D eigenvalue weighted by Gasteiger charge is -2.44. The fourth-order valence-electron chi connectivity index (χ4n) is 6.67. The third-order valence-electron chi connectivity index (χ3n) is 8.51. The summed E-state index contributed by atoms with van der Waals surface area (Å²) in [7, 11) is 1.96. The normalized spacial score (nSPS) is 43.8. The maximum atomic E-state index is 13.6. The highest BCUT2D eigenvalue weighted by Crippen LogP contribution is 2.42. The molecule has 34 heavy (non-hydrogen) atoms. The number of alkyl halides is 1. The number of thioether (sulfide) groups is 1. The largest absolute Gasteiger partial charge is 0.388 e. The molecule has 3 aliphatic heterocycles. The third-order valence-corrected chi connectivity index (χ3v) is 9.64. The molecule has 3 saturated heterocycles. The highest BCUT2D eigenvalue weighted by molar-refractivity contribution is 7.99. The maximum Gasteiger partial charge on any atom is 0.240 e. The van der Waals surface area contributed by atoms with E-state index in [4.69, 9.17) is 21.1 Å². The van der Waals surface area contributed by atoms with Crippen LogP contribution in [0.1, 0.15) is 45.4 Å². The van der Waals surface area contributed by atoms with Crippen molar-refractivity contribution < 1.29 is 29.6 Å². The Morgan fingerprint density at radius 1 is 1.09 bits per heavy atom. The average Bonchev–Trinajstić information content (AvgIpc) is 3.39. The molecular weight excluding hydrogens is 480 g/mol. The Kier molecular flexibility index (Phi) is 9.11. The second kappa shape index (κ2) is 11.5. The van der Waals surface area contributed by atoms with Crippen molar-refractivity contribution in [3.8, 4) is 0 Å². The van der Waals surface area contributed by atoms with Gasteiger partial charge in [-0.05, 0) is 44.9 Å². The topological polar surface area (TPSA) is 111 Å². The number of nitrogens with one attached hydrogen (secondary N) is 1. The molecule has 1 amide bonds. The molecule has 4 aliphatic rings. The van der Waals surface area contributed by atoms with Gasteiger partial charge in [0.05, 0.1) is 17.5 Å². The molecule has 4 N–H and O–H groups in total. The minimum Gasteiger partial charge on any atom is -0.388 e. The molecule has 0 bridgehead atoms. The van der Waals surface area contributed by atoms with E-state index in [9.17, 15) is 20.1 Å². The number of hydrogen-bond donors (Lipinski definition) is 4. The molecule has 1 aliphatic carbocycles. The summed E-state index contributed by atoms with van der Waals surface area (Å²) in [5.41, 5.74) is -0.727. The van der Waals surface area contributed by atoms with Crippen LogP contribution in [0.5, 0.6) is 0 Å². The van der Waals surface area contributed by atoms with Gasteiger partial charge < -0.3 is 30.1 Å². The number of nitrogens with zero attached hydrogens (tertiary/aromatic N) is 1. The van der Waals surface area contributed by atoms with Gasteiger partial charge in [0.1, 0.15) is 35.9 Å². The Hall–Kier alpha value is -0.130. The van der Waals surface area contributed by atoms with Crippen LogP contribution in [0.15, 0.2) is 0 Å². The summed E-state index contributed by atoms with van der Waals surface area (Å²) in [5, 5.41) is 33.6. The zero-order chi connectivity index (χ0) is 24.6. The van der Waals surface area contributed by atoms with Crippen molar-refractivity contribution in [2.45, 2.75) is 98.9 Å². The summed E-state index contributed by atoms with van der Waals surface area (Å²) in [4.78, 5) is 15.6. The first-order chi connectivity index (χ1) is 16.2. The summed E-state index contributed by atoms with van der Waals surface area (Å²) >= 11 is 7.70. The summed E-state index contributed by atoms with van der Waals surface area (Å²) in [6.07, 6.45) is 4.11. The van der Waals surface area contributed by atoms with Crippen LogP contribution in [0.3, 0.4) is 0 Å². The lowest BCUT2D eigenvalue weighted by Crippen LogP contribution is -2.65. The summed E-state index contributed by atoms with van der Waals surface area (Å²) in [5.74, 6) is 1.57. The van der Waals surface area contributed by atoms with E-state index < -0.39 is 47.3 Å². The van der Waals surface area contributed by atoms with Crippen molar-refractivity contribution in [2.75, 3.05) is 26.5 Å². The predicted molar refractivity (Wildman–Crippen MR) is 132 cm³/mol. The Balaban J connectivity index is 1.45. The Bertz CT molecular complexity index is 696. The second-order valence-corrected chi connectivity index (χ2v) is 12.3. The molecule has 0 aromatic rings. The summed E-state index contributed by atoms with van der Waals surface area (Å²) in [6, 6.07) is -1.19. The van der Waals surface area contributed by atoms with Crippen LogP contribution in [0.4, 0.5) is 0 Å². The van der Waals surface area contributed by atoms with E-state index in [1.807, 2.05) is 7.05 Å². The molecule has 11 atom stereocenters. The third kappa shape index (κ3) is 5.42. The number of carbonyl (C=O) groups is 1. The standard InChI is InChI=1S/C24H41ClN2O6S/c1-12(25)16(22-19(29)18(28)20(30)24(33-22)34-3)26-23(31)17-21-15(11-27(17)2)10-14(8-9-32-21)13-6-4-5-7-13/h12-22,24,28-30H,4-11H2,1-3H3,(H,26,31)/t12-,14?,15-,16+,17-,18?,19?,20?,21+,22?,24?/m0/s1. The van der Waals surface area contributed by atoms with Crippen molar-refractivity contribution in [3.63, 3.8) is 0 Å². The van der Waals surface area contributed by atoms with E-state index in [0.29, 0.717) is 18.4 Å². The van der Waals surface area contributed by atoms with E-state index in [1.54, 1.807) is 13.2 Å². The number of fused-ring (bicyclic) bond motifs is 1. The smallest absolute Gasteiger partial charge is 0.240 e.